The second-order valence-electron chi connectivity index (χ2n) is 9.75. The predicted octanol–water partition coefficient (Wildman–Crippen LogP) is 4.83. The lowest BCUT2D eigenvalue weighted by molar-refractivity contribution is -0.135. The summed E-state index contributed by atoms with van der Waals surface area (Å²) in [5, 5.41) is 3.14. The lowest BCUT2D eigenvalue weighted by Gasteiger charge is -2.24. The number of carbonyl (C=O) groups excluding carboxylic acids is 2. The number of nitrogens with one attached hydrogen (secondary N) is 1. The van der Waals surface area contributed by atoms with Crippen molar-refractivity contribution in [1.29, 1.82) is 0 Å². The molecule has 34 heavy (non-hydrogen) atoms. The van der Waals surface area contributed by atoms with E-state index in [1.165, 1.54) is 19.8 Å². The number of rotatable bonds is 7. The first kappa shape index (κ1) is 29.8. The molecule has 3 rings (SSSR count). The Morgan fingerprint density at radius 2 is 2.00 bits per heavy atom. The minimum Gasteiger partial charge on any atom is -0.390 e. The number of amides is 1. The third kappa shape index (κ3) is 8.49. The summed E-state index contributed by atoms with van der Waals surface area (Å²) in [5.74, 6) is 0.676. The summed E-state index contributed by atoms with van der Waals surface area (Å²) in [5.41, 5.74) is 11.2. The summed E-state index contributed by atoms with van der Waals surface area (Å²) >= 11 is 5.03. The van der Waals surface area contributed by atoms with E-state index in [1.807, 2.05) is 20.0 Å². The fraction of sp³-hybridized carbons (Fsp3) is 0.630. The fourth-order valence-corrected chi connectivity index (χ4v) is 4.57. The van der Waals surface area contributed by atoms with Crippen LogP contribution in [-0.4, -0.2) is 47.2 Å². The van der Waals surface area contributed by atoms with E-state index in [2.05, 4.69) is 49.0 Å². The minimum absolute atomic E-state index is 0.272. The van der Waals surface area contributed by atoms with Gasteiger partial charge in [0.15, 0.2) is 0 Å². The first-order valence-electron chi connectivity index (χ1n) is 12.4. The first-order chi connectivity index (χ1) is 16.0. The Balaban J connectivity index is 0.000000305. The third-order valence-electron chi connectivity index (χ3n) is 6.31. The van der Waals surface area contributed by atoms with Crippen molar-refractivity contribution in [2.45, 2.75) is 80.1 Å². The van der Waals surface area contributed by atoms with Gasteiger partial charge in [-0.05, 0) is 50.7 Å². The summed E-state index contributed by atoms with van der Waals surface area (Å²) < 4.78 is 0. The molecule has 1 fully saturated rings. The van der Waals surface area contributed by atoms with Gasteiger partial charge < -0.3 is 20.7 Å². The van der Waals surface area contributed by atoms with Gasteiger partial charge in [-0.2, -0.15) is 0 Å². The Morgan fingerprint density at radius 1 is 1.35 bits per heavy atom. The zero-order valence-corrected chi connectivity index (χ0v) is 23.0. The molecule has 1 saturated heterocycles. The van der Waals surface area contributed by atoms with E-state index in [0.29, 0.717) is 16.3 Å². The van der Waals surface area contributed by atoms with Gasteiger partial charge >= 0.3 is 0 Å². The minimum atomic E-state index is 0.272. The van der Waals surface area contributed by atoms with E-state index in [9.17, 15) is 4.79 Å². The molecule has 1 atom stereocenters. The van der Waals surface area contributed by atoms with Crippen molar-refractivity contribution in [1.82, 2.24) is 15.2 Å². The Labute approximate surface area is 211 Å². The number of fused-ring (bicyclic) bond motifs is 1. The molecular weight excluding hydrogens is 444 g/mol. The van der Waals surface area contributed by atoms with Crippen molar-refractivity contribution in [2.75, 3.05) is 20.1 Å². The monoisotopic (exact) mass is 488 g/mol. The average Bonchev–Trinajstić information content (AvgIpc) is 3.34. The van der Waals surface area contributed by atoms with E-state index in [-0.39, 0.29) is 5.92 Å². The van der Waals surface area contributed by atoms with Crippen LogP contribution in [-0.2, 0) is 16.0 Å². The maximum absolute atomic E-state index is 12.3. The van der Waals surface area contributed by atoms with Crippen molar-refractivity contribution >= 4 is 35.1 Å². The molecule has 1 aromatic heterocycles. The van der Waals surface area contributed by atoms with E-state index in [1.54, 1.807) is 0 Å². The number of aldehydes is 1. The lowest BCUT2D eigenvalue weighted by atomic mass is 9.93. The van der Waals surface area contributed by atoms with Crippen LogP contribution >= 0.6 is 12.2 Å². The Morgan fingerprint density at radius 3 is 2.47 bits per heavy atom. The topological polar surface area (TPSA) is 88.3 Å². The molecule has 1 aliphatic heterocycles. The van der Waals surface area contributed by atoms with Crippen LogP contribution in [0, 0.1) is 18.3 Å². The number of carbonyl (C=O) groups is 2. The number of likely N-dealkylation sites (tertiary alicyclic amines) is 1. The molecule has 0 spiro atoms. The van der Waals surface area contributed by atoms with Gasteiger partial charge in [0.2, 0.25) is 5.91 Å². The van der Waals surface area contributed by atoms with Gasteiger partial charge in [0.05, 0.1) is 5.69 Å². The summed E-state index contributed by atoms with van der Waals surface area (Å²) in [6.07, 6.45) is 7.08. The van der Waals surface area contributed by atoms with Crippen molar-refractivity contribution < 1.29 is 9.59 Å². The normalized spacial score (nSPS) is 16.5. The van der Waals surface area contributed by atoms with Crippen LogP contribution in [0.15, 0.2) is 17.7 Å². The van der Waals surface area contributed by atoms with Crippen LogP contribution < -0.4 is 11.1 Å². The SMILES string of the molecule is CC=O.CCCCC(CC)C(=O)N1CCC(C)(C)C1.CNC1=C(C(N)=S)Cc2nc(C)ccc21. The van der Waals surface area contributed by atoms with E-state index >= 15 is 0 Å². The molecule has 1 aliphatic carbocycles. The standard InChI is InChI=1S/C14H27NO.C11H13N3S.C2H4O/c1-5-7-8-12(6-2)13(16)15-10-9-14(3,4)11-15;1-6-3-4-7-9(14-6)5-8(11(12)15)10(7)13-2;1-2-3/h12H,5-11H2,1-4H3;3-4,13H,5H2,1-2H3,(H2,12,15);2H,1H3. The predicted molar refractivity (Wildman–Crippen MR) is 145 cm³/mol. The number of thiocarbonyl (C=S) groups is 1. The highest BCUT2D eigenvalue weighted by Gasteiger charge is 2.34. The molecule has 3 N–H and O–H groups in total. The quantitative estimate of drug-likeness (QED) is 0.422. The number of pyridine rings is 1. The molecule has 0 saturated carbocycles. The maximum Gasteiger partial charge on any atom is 0.225 e. The average molecular weight is 489 g/mol. The molecule has 190 valence electrons. The van der Waals surface area contributed by atoms with Crippen molar-refractivity contribution in [3.8, 4) is 0 Å². The number of aryl methyl sites for hydroxylation is 1. The third-order valence-corrected chi connectivity index (χ3v) is 6.56. The van der Waals surface area contributed by atoms with Crippen LogP contribution in [0.4, 0.5) is 0 Å². The van der Waals surface area contributed by atoms with Crippen molar-refractivity contribution in [3.05, 3.63) is 34.7 Å². The number of unbranched alkanes of at least 4 members (excludes halogenated alkanes) is 1. The van der Waals surface area contributed by atoms with Crippen LogP contribution in [0.25, 0.3) is 5.70 Å². The highest BCUT2D eigenvalue weighted by atomic mass is 32.1. The number of aromatic nitrogens is 1. The van der Waals surface area contributed by atoms with Crippen LogP contribution in [0.5, 0.6) is 0 Å². The Hall–Kier alpha value is -2.28. The molecule has 1 aromatic rings. The number of nitrogens with zero attached hydrogens (tertiary/aromatic N) is 2. The van der Waals surface area contributed by atoms with E-state index in [4.69, 9.17) is 22.7 Å². The molecule has 0 bridgehead atoms. The Kier molecular flexibility index (Phi) is 12.4. The maximum atomic E-state index is 12.3. The van der Waals surface area contributed by atoms with Crippen LogP contribution in [0.1, 0.15) is 83.7 Å². The molecule has 7 heteroatoms. The smallest absolute Gasteiger partial charge is 0.225 e. The molecule has 2 aliphatic rings. The van der Waals surface area contributed by atoms with Gasteiger partial charge in [-0.15, -0.1) is 0 Å². The second-order valence-corrected chi connectivity index (χ2v) is 10.2. The molecule has 0 aromatic carbocycles. The zero-order chi connectivity index (χ0) is 25.9. The van der Waals surface area contributed by atoms with Gasteiger partial charge in [0.1, 0.15) is 11.3 Å². The number of hydrogen-bond acceptors (Lipinski definition) is 5. The van der Waals surface area contributed by atoms with Gasteiger partial charge in [0, 0.05) is 55.0 Å². The molecule has 1 amide bonds. The zero-order valence-electron chi connectivity index (χ0n) is 22.2. The second kappa shape index (κ2) is 14.2. The van der Waals surface area contributed by atoms with Crippen LogP contribution in [0.3, 0.4) is 0 Å². The molecular formula is C27H44N4O2S. The van der Waals surface area contributed by atoms with Gasteiger partial charge in [-0.25, -0.2) is 0 Å². The summed E-state index contributed by atoms with van der Waals surface area (Å²) in [7, 11) is 1.88. The largest absolute Gasteiger partial charge is 0.390 e. The summed E-state index contributed by atoms with van der Waals surface area (Å²) in [4.78, 5) is 28.1. The Bertz CT molecular complexity index is 879. The summed E-state index contributed by atoms with van der Waals surface area (Å²) in [6, 6.07) is 4.06. The van der Waals surface area contributed by atoms with Gasteiger partial charge in [-0.1, -0.05) is 52.8 Å². The van der Waals surface area contributed by atoms with Crippen molar-refractivity contribution in [3.63, 3.8) is 0 Å². The highest BCUT2D eigenvalue weighted by Crippen LogP contribution is 2.31. The number of hydrogen-bond donors (Lipinski definition) is 2. The molecule has 0 radical (unpaired) electrons. The van der Waals surface area contributed by atoms with E-state index < -0.39 is 0 Å². The first-order valence-corrected chi connectivity index (χ1v) is 12.8. The van der Waals surface area contributed by atoms with E-state index in [0.717, 1.165) is 73.3 Å². The fourth-order valence-electron chi connectivity index (χ4n) is 4.40. The molecule has 1 unspecified atom stereocenters. The van der Waals surface area contributed by atoms with Gasteiger partial charge in [0.25, 0.3) is 0 Å². The lowest BCUT2D eigenvalue weighted by Crippen LogP contribution is -2.35. The molecule has 6 nitrogen and oxygen atoms in total. The van der Waals surface area contributed by atoms with Crippen LogP contribution in [0.2, 0.25) is 0 Å². The molecule has 2 heterocycles. The highest BCUT2D eigenvalue weighted by molar-refractivity contribution is 7.80. The number of nitrogens with two attached hydrogens (primary N) is 1. The van der Waals surface area contributed by atoms with Gasteiger partial charge in [-0.3, -0.25) is 9.78 Å². The summed E-state index contributed by atoms with van der Waals surface area (Å²) in [6.45, 7) is 14.2. The van der Waals surface area contributed by atoms with Crippen molar-refractivity contribution in [2.24, 2.45) is 17.1 Å².